The van der Waals surface area contributed by atoms with Crippen molar-refractivity contribution in [3.05, 3.63) is 28.7 Å². The van der Waals surface area contributed by atoms with E-state index in [0.717, 1.165) is 26.4 Å². The van der Waals surface area contributed by atoms with Crippen molar-refractivity contribution in [2.45, 2.75) is 0 Å². The number of nitrogens with zero attached hydrogens (tertiary/aromatic N) is 3. The van der Waals surface area contributed by atoms with E-state index in [1.807, 2.05) is 31.3 Å². The van der Waals surface area contributed by atoms with Gasteiger partial charge in [-0.05, 0) is 24.3 Å². The van der Waals surface area contributed by atoms with Gasteiger partial charge in [0.25, 0.3) is 0 Å². The Balaban J connectivity index is 2.51. The van der Waals surface area contributed by atoms with Gasteiger partial charge >= 0.3 is 0 Å². The largest absolute Gasteiger partial charge is 0.382 e. The molecule has 0 aliphatic rings. The van der Waals surface area contributed by atoms with Crippen molar-refractivity contribution in [2.24, 2.45) is 7.05 Å². The number of hydrogen-bond acceptors (Lipinski definition) is 3. The number of anilines is 1. The molecule has 0 fully saturated rings. The molecule has 80 valence electrons. The number of aryl methyl sites for hydroxylation is 1. The third-order valence-electron chi connectivity index (χ3n) is 2.60. The summed E-state index contributed by atoms with van der Waals surface area (Å²) >= 11 is 3.44. The number of rotatable bonds is 0. The molecule has 2 heterocycles. The van der Waals surface area contributed by atoms with Gasteiger partial charge in [0.05, 0.1) is 10.9 Å². The third kappa shape index (κ3) is 1.28. The maximum atomic E-state index is 5.82. The highest BCUT2D eigenvalue weighted by Crippen LogP contribution is 2.25. The Bertz CT molecular complexity index is 702. The summed E-state index contributed by atoms with van der Waals surface area (Å²) < 4.78 is 2.73. The van der Waals surface area contributed by atoms with Crippen molar-refractivity contribution in [1.82, 2.24) is 14.8 Å². The van der Waals surface area contributed by atoms with Gasteiger partial charge in [0, 0.05) is 16.9 Å². The molecule has 0 radical (unpaired) electrons. The van der Waals surface area contributed by atoms with E-state index in [1.165, 1.54) is 0 Å². The third-order valence-corrected chi connectivity index (χ3v) is 3.09. The second-order valence-corrected chi connectivity index (χ2v) is 4.62. The molecule has 3 aromatic rings. The molecule has 0 atom stereocenters. The Morgan fingerprint density at radius 2 is 2.12 bits per heavy atom. The molecule has 2 aromatic heterocycles. The predicted octanol–water partition coefficient (Wildman–Crippen LogP) is 2.47. The van der Waals surface area contributed by atoms with Gasteiger partial charge in [-0.3, -0.25) is 0 Å². The number of aromatic nitrogens is 3. The van der Waals surface area contributed by atoms with Crippen LogP contribution in [-0.4, -0.2) is 14.8 Å². The second kappa shape index (κ2) is 3.18. The van der Waals surface area contributed by atoms with Crippen LogP contribution in [0.15, 0.2) is 28.7 Å². The number of nitrogens with two attached hydrogens (primary N) is 1. The zero-order chi connectivity index (χ0) is 11.3. The van der Waals surface area contributed by atoms with Crippen molar-refractivity contribution in [2.75, 3.05) is 5.73 Å². The summed E-state index contributed by atoms with van der Waals surface area (Å²) in [6.07, 6.45) is 0. The minimum atomic E-state index is 0.520. The Kier molecular flexibility index (Phi) is 1.91. The summed E-state index contributed by atoms with van der Waals surface area (Å²) in [6.45, 7) is 0. The SMILES string of the molecule is Cn1nc(N)c2cc3cc(Br)ccc3nc21. The normalized spacial score (nSPS) is 11.4. The van der Waals surface area contributed by atoms with Crippen LogP contribution in [-0.2, 0) is 7.05 Å². The van der Waals surface area contributed by atoms with Gasteiger partial charge in [-0.1, -0.05) is 15.9 Å². The summed E-state index contributed by atoms with van der Waals surface area (Å²) in [6, 6.07) is 7.99. The molecule has 0 spiro atoms. The van der Waals surface area contributed by atoms with Crippen molar-refractivity contribution >= 4 is 43.7 Å². The molecule has 5 heteroatoms. The highest BCUT2D eigenvalue weighted by atomic mass is 79.9. The maximum Gasteiger partial charge on any atom is 0.160 e. The van der Waals surface area contributed by atoms with Crippen molar-refractivity contribution in [1.29, 1.82) is 0 Å². The first kappa shape index (κ1) is 9.59. The molecule has 4 nitrogen and oxygen atoms in total. The second-order valence-electron chi connectivity index (χ2n) is 3.71. The van der Waals surface area contributed by atoms with E-state index in [9.17, 15) is 0 Å². The Morgan fingerprint density at radius 3 is 2.94 bits per heavy atom. The molecule has 1 aromatic carbocycles. The van der Waals surface area contributed by atoms with Crippen LogP contribution in [0.4, 0.5) is 5.82 Å². The molecule has 2 N–H and O–H groups in total. The van der Waals surface area contributed by atoms with E-state index in [0.29, 0.717) is 5.82 Å². The maximum absolute atomic E-state index is 5.82. The van der Waals surface area contributed by atoms with Gasteiger partial charge in [-0.15, -0.1) is 0 Å². The number of hydrogen-bond donors (Lipinski definition) is 1. The molecule has 0 unspecified atom stereocenters. The van der Waals surface area contributed by atoms with Gasteiger partial charge < -0.3 is 5.73 Å². The summed E-state index contributed by atoms with van der Waals surface area (Å²) in [5, 5.41) is 6.11. The molecule has 0 bridgehead atoms. The van der Waals surface area contributed by atoms with Gasteiger partial charge in [0.2, 0.25) is 0 Å². The van der Waals surface area contributed by atoms with Crippen LogP contribution in [0.25, 0.3) is 21.9 Å². The molecule has 0 saturated carbocycles. The first-order chi connectivity index (χ1) is 7.65. The Hall–Kier alpha value is -1.62. The molecule has 16 heavy (non-hydrogen) atoms. The number of benzene rings is 1. The van der Waals surface area contributed by atoms with Crippen molar-refractivity contribution < 1.29 is 0 Å². The van der Waals surface area contributed by atoms with Crippen LogP contribution in [0.1, 0.15) is 0 Å². The monoisotopic (exact) mass is 276 g/mol. The Labute approximate surface area is 100 Å². The molecule has 0 aliphatic carbocycles. The number of nitrogen functional groups attached to an aromatic ring is 1. The van der Waals surface area contributed by atoms with Gasteiger partial charge in [-0.25, -0.2) is 9.67 Å². The number of halogens is 1. The van der Waals surface area contributed by atoms with E-state index in [2.05, 4.69) is 26.0 Å². The fraction of sp³-hybridized carbons (Fsp3) is 0.0909. The summed E-state index contributed by atoms with van der Waals surface area (Å²) in [5.74, 6) is 0.520. The summed E-state index contributed by atoms with van der Waals surface area (Å²) in [4.78, 5) is 4.54. The Morgan fingerprint density at radius 1 is 1.31 bits per heavy atom. The predicted molar refractivity (Wildman–Crippen MR) is 68.1 cm³/mol. The minimum absolute atomic E-state index is 0.520. The fourth-order valence-electron chi connectivity index (χ4n) is 1.84. The van der Waals surface area contributed by atoms with Crippen molar-refractivity contribution in [3.8, 4) is 0 Å². The molecule has 3 rings (SSSR count). The fourth-order valence-corrected chi connectivity index (χ4v) is 2.21. The van der Waals surface area contributed by atoms with Crippen LogP contribution < -0.4 is 5.73 Å². The summed E-state index contributed by atoms with van der Waals surface area (Å²) in [7, 11) is 1.84. The van der Waals surface area contributed by atoms with Gasteiger partial charge in [0.1, 0.15) is 0 Å². The number of pyridine rings is 1. The van der Waals surface area contributed by atoms with E-state index >= 15 is 0 Å². The van der Waals surface area contributed by atoms with Crippen LogP contribution >= 0.6 is 15.9 Å². The molecule has 0 amide bonds. The lowest BCUT2D eigenvalue weighted by atomic mass is 10.2. The van der Waals surface area contributed by atoms with Gasteiger partial charge in [-0.2, -0.15) is 5.10 Å². The molecular formula is C11H9BrN4. The molecule has 0 saturated heterocycles. The first-order valence-electron chi connectivity index (χ1n) is 4.83. The quantitative estimate of drug-likeness (QED) is 0.686. The average molecular weight is 277 g/mol. The molecule has 0 aliphatic heterocycles. The number of fused-ring (bicyclic) bond motifs is 2. The van der Waals surface area contributed by atoms with Crippen molar-refractivity contribution in [3.63, 3.8) is 0 Å². The lowest BCUT2D eigenvalue weighted by Crippen LogP contribution is -1.92. The lowest BCUT2D eigenvalue weighted by Gasteiger charge is -1.99. The standard InChI is InChI=1S/C11H9BrN4/c1-16-11-8(10(13)15-16)5-6-4-7(12)2-3-9(6)14-11/h2-5H,1H3,(H2,13,15). The smallest absolute Gasteiger partial charge is 0.160 e. The topological polar surface area (TPSA) is 56.7 Å². The first-order valence-corrected chi connectivity index (χ1v) is 5.63. The van der Waals surface area contributed by atoms with E-state index in [4.69, 9.17) is 5.73 Å². The highest BCUT2D eigenvalue weighted by molar-refractivity contribution is 9.10. The molecular weight excluding hydrogens is 268 g/mol. The van der Waals surface area contributed by atoms with Crippen LogP contribution in [0, 0.1) is 0 Å². The average Bonchev–Trinajstić information content (AvgIpc) is 2.52. The van der Waals surface area contributed by atoms with Gasteiger partial charge in [0.15, 0.2) is 11.5 Å². The zero-order valence-electron chi connectivity index (χ0n) is 8.61. The van der Waals surface area contributed by atoms with E-state index in [-0.39, 0.29) is 0 Å². The van der Waals surface area contributed by atoms with Crippen LogP contribution in [0.5, 0.6) is 0 Å². The zero-order valence-corrected chi connectivity index (χ0v) is 10.2. The van der Waals surface area contributed by atoms with E-state index in [1.54, 1.807) is 4.68 Å². The van der Waals surface area contributed by atoms with Crippen LogP contribution in [0.3, 0.4) is 0 Å². The lowest BCUT2D eigenvalue weighted by molar-refractivity contribution is 0.792. The highest BCUT2D eigenvalue weighted by Gasteiger charge is 2.08. The minimum Gasteiger partial charge on any atom is -0.382 e. The summed E-state index contributed by atoms with van der Waals surface area (Å²) in [5.41, 5.74) is 7.58. The van der Waals surface area contributed by atoms with E-state index < -0.39 is 0 Å². The van der Waals surface area contributed by atoms with Crippen LogP contribution in [0.2, 0.25) is 0 Å².